The summed E-state index contributed by atoms with van der Waals surface area (Å²) in [5.74, 6) is 3.43. The molecule has 7 nitrogen and oxygen atoms in total. The minimum atomic E-state index is 0.544. The maximum atomic E-state index is 5.53. The third-order valence-electron chi connectivity index (χ3n) is 4.84. The maximum Gasteiger partial charge on any atom is 0.254 e. The molecule has 4 rings (SSSR count). The predicted octanol–water partition coefficient (Wildman–Crippen LogP) is 4.42. The van der Waals surface area contributed by atoms with Crippen molar-refractivity contribution in [3.63, 3.8) is 0 Å². The highest BCUT2D eigenvalue weighted by Gasteiger charge is 2.18. The highest BCUT2D eigenvalue weighted by molar-refractivity contribution is 5.70. The van der Waals surface area contributed by atoms with Gasteiger partial charge in [0.15, 0.2) is 5.82 Å². The highest BCUT2D eigenvalue weighted by Crippen LogP contribution is 2.33. The molecule has 148 valence electrons. The Morgan fingerprint density at radius 1 is 1.00 bits per heavy atom. The first-order valence-corrected chi connectivity index (χ1v) is 9.45. The summed E-state index contributed by atoms with van der Waals surface area (Å²) in [5, 5.41) is 8.22. The topological polar surface area (TPSA) is 73.6 Å². The third-order valence-corrected chi connectivity index (χ3v) is 4.84. The van der Waals surface area contributed by atoms with Gasteiger partial charge < -0.3 is 14.8 Å². The zero-order valence-corrected chi connectivity index (χ0v) is 16.9. The first-order chi connectivity index (χ1) is 14.1. The summed E-state index contributed by atoms with van der Waals surface area (Å²) in [7, 11) is 3.28. The number of hydrogen-bond donors (Lipinski definition) is 1. The molecule has 2 heterocycles. The molecule has 0 saturated heterocycles. The van der Waals surface area contributed by atoms with Gasteiger partial charge in [0.1, 0.15) is 17.3 Å². The van der Waals surface area contributed by atoms with E-state index in [1.165, 1.54) is 0 Å². The highest BCUT2D eigenvalue weighted by atomic mass is 16.5. The van der Waals surface area contributed by atoms with E-state index in [0.29, 0.717) is 17.4 Å². The molecule has 0 atom stereocenters. The Morgan fingerprint density at radius 2 is 1.79 bits per heavy atom. The average molecular weight is 389 g/mol. The van der Waals surface area contributed by atoms with E-state index in [1.807, 2.05) is 55.5 Å². The number of nitrogens with one attached hydrogen (secondary N) is 1. The van der Waals surface area contributed by atoms with Crippen molar-refractivity contribution in [1.82, 2.24) is 19.6 Å². The molecule has 0 aliphatic rings. The number of fused-ring (bicyclic) bond motifs is 1. The molecule has 1 N–H and O–H groups in total. The minimum absolute atomic E-state index is 0.544. The second kappa shape index (κ2) is 7.79. The molecule has 0 aliphatic carbocycles. The predicted molar refractivity (Wildman–Crippen MR) is 113 cm³/mol. The van der Waals surface area contributed by atoms with Gasteiger partial charge >= 0.3 is 0 Å². The van der Waals surface area contributed by atoms with Crippen LogP contribution in [0, 0.1) is 6.92 Å². The van der Waals surface area contributed by atoms with Crippen LogP contribution in [0.5, 0.6) is 11.5 Å². The zero-order valence-electron chi connectivity index (χ0n) is 16.9. The van der Waals surface area contributed by atoms with Crippen LogP contribution in [0.3, 0.4) is 0 Å². The van der Waals surface area contributed by atoms with E-state index in [-0.39, 0.29) is 0 Å². The number of ether oxygens (including phenoxy) is 2. The number of aromatic nitrogens is 4. The molecule has 0 unspecified atom stereocenters. The van der Waals surface area contributed by atoms with Crippen molar-refractivity contribution >= 4 is 17.3 Å². The normalized spacial score (nSPS) is 10.9. The van der Waals surface area contributed by atoms with Crippen LogP contribution in [-0.4, -0.2) is 33.8 Å². The van der Waals surface area contributed by atoms with E-state index in [0.717, 1.165) is 40.5 Å². The molecule has 4 aromatic rings. The van der Waals surface area contributed by atoms with Gasteiger partial charge in [-0.25, -0.2) is 4.98 Å². The van der Waals surface area contributed by atoms with Gasteiger partial charge in [0.25, 0.3) is 5.78 Å². The lowest BCUT2D eigenvalue weighted by Gasteiger charge is -2.16. The van der Waals surface area contributed by atoms with Crippen LogP contribution in [0.15, 0.2) is 48.5 Å². The Labute approximate surface area is 169 Å². The second-order valence-electron chi connectivity index (χ2n) is 6.58. The van der Waals surface area contributed by atoms with Gasteiger partial charge in [0.2, 0.25) is 0 Å². The summed E-state index contributed by atoms with van der Waals surface area (Å²) in [5.41, 5.74) is 3.70. The minimum Gasteiger partial charge on any atom is -0.497 e. The SMILES string of the molecule is CCc1c(C)nc2nc(-c3ccccc3)nn2c1Nc1cc(OC)ccc1OC. The van der Waals surface area contributed by atoms with Crippen LogP contribution in [-0.2, 0) is 6.42 Å². The fraction of sp³-hybridized carbons (Fsp3) is 0.227. The summed E-state index contributed by atoms with van der Waals surface area (Å²) in [6, 6.07) is 15.5. The molecular formula is C22H23N5O2. The Kier molecular flexibility index (Phi) is 5.03. The Hall–Kier alpha value is -3.61. The molecule has 0 spiro atoms. The molecule has 0 amide bonds. The number of hydrogen-bond acceptors (Lipinski definition) is 6. The number of methoxy groups -OCH3 is 2. The maximum absolute atomic E-state index is 5.53. The van der Waals surface area contributed by atoms with Crippen LogP contribution in [0.25, 0.3) is 17.2 Å². The van der Waals surface area contributed by atoms with Gasteiger partial charge in [0, 0.05) is 22.9 Å². The Balaban J connectivity index is 1.90. The van der Waals surface area contributed by atoms with Gasteiger partial charge in [-0.2, -0.15) is 9.50 Å². The van der Waals surface area contributed by atoms with Crippen LogP contribution < -0.4 is 14.8 Å². The van der Waals surface area contributed by atoms with Crippen molar-refractivity contribution in [2.24, 2.45) is 0 Å². The van der Waals surface area contributed by atoms with Gasteiger partial charge in [-0.05, 0) is 25.5 Å². The Morgan fingerprint density at radius 3 is 2.48 bits per heavy atom. The van der Waals surface area contributed by atoms with Crippen LogP contribution >= 0.6 is 0 Å². The molecule has 0 saturated carbocycles. The molecule has 0 fully saturated rings. The number of aryl methyl sites for hydroxylation is 1. The van der Waals surface area contributed by atoms with Crippen molar-refractivity contribution in [2.45, 2.75) is 20.3 Å². The number of anilines is 2. The van der Waals surface area contributed by atoms with Crippen molar-refractivity contribution in [2.75, 3.05) is 19.5 Å². The van der Waals surface area contributed by atoms with Crippen LogP contribution in [0.4, 0.5) is 11.5 Å². The van der Waals surface area contributed by atoms with E-state index in [1.54, 1.807) is 18.7 Å². The lowest BCUT2D eigenvalue weighted by molar-refractivity contribution is 0.405. The molecule has 0 radical (unpaired) electrons. The summed E-state index contributed by atoms with van der Waals surface area (Å²) < 4.78 is 12.7. The summed E-state index contributed by atoms with van der Waals surface area (Å²) in [6.07, 6.45) is 0.796. The average Bonchev–Trinajstić information content (AvgIpc) is 3.18. The second-order valence-corrected chi connectivity index (χ2v) is 6.58. The molecule has 0 aliphatic heterocycles. The molecule has 0 bridgehead atoms. The largest absolute Gasteiger partial charge is 0.497 e. The number of benzene rings is 2. The first kappa shape index (κ1) is 18.7. The summed E-state index contributed by atoms with van der Waals surface area (Å²) in [6.45, 7) is 4.09. The Bertz CT molecular complexity index is 1160. The molecular weight excluding hydrogens is 366 g/mol. The van der Waals surface area contributed by atoms with E-state index >= 15 is 0 Å². The fourth-order valence-electron chi connectivity index (χ4n) is 3.34. The lowest BCUT2D eigenvalue weighted by atomic mass is 10.1. The van der Waals surface area contributed by atoms with Crippen molar-refractivity contribution in [1.29, 1.82) is 0 Å². The standard InChI is InChI=1S/C22H23N5O2/c1-5-17-14(2)23-22-25-20(15-9-7-6-8-10-15)26-27(22)21(17)24-18-13-16(28-3)11-12-19(18)29-4/h6-13,24H,5H2,1-4H3. The van der Waals surface area contributed by atoms with E-state index in [9.17, 15) is 0 Å². The fourth-order valence-corrected chi connectivity index (χ4v) is 3.34. The molecule has 2 aromatic carbocycles. The van der Waals surface area contributed by atoms with E-state index < -0.39 is 0 Å². The van der Waals surface area contributed by atoms with Crippen molar-refractivity contribution < 1.29 is 9.47 Å². The summed E-state index contributed by atoms with van der Waals surface area (Å²) >= 11 is 0. The van der Waals surface area contributed by atoms with Gasteiger partial charge in [-0.3, -0.25) is 0 Å². The van der Waals surface area contributed by atoms with Gasteiger partial charge in [-0.15, -0.1) is 5.10 Å². The quantitative estimate of drug-likeness (QED) is 0.526. The van der Waals surface area contributed by atoms with Crippen LogP contribution in [0.1, 0.15) is 18.2 Å². The molecule has 7 heteroatoms. The number of rotatable bonds is 6. The first-order valence-electron chi connectivity index (χ1n) is 9.45. The van der Waals surface area contributed by atoms with Crippen molar-refractivity contribution in [3.8, 4) is 22.9 Å². The van der Waals surface area contributed by atoms with Crippen molar-refractivity contribution in [3.05, 3.63) is 59.8 Å². The third kappa shape index (κ3) is 3.47. The van der Waals surface area contributed by atoms with E-state index in [4.69, 9.17) is 14.6 Å². The zero-order chi connectivity index (χ0) is 20.4. The van der Waals surface area contributed by atoms with Gasteiger partial charge in [-0.1, -0.05) is 37.3 Å². The smallest absolute Gasteiger partial charge is 0.254 e. The summed E-state index contributed by atoms with van der Waals surface area (Å²) in [4.78, 5) is 9.31. The monoisotopic (exact) mass is 389 g/mol. The number of nitrogens with zero attached hydrogens (tertiary/aromatic N) is 4. The molecule has 29 heavy (non-hydrogen) atoms. The molecule has 2 aromatic heterocycles. The van der Waals surface area contributed by atoms with Gasteiger partial charge in [0.05, 0.1) is 19.9 Å². The van der Waals surface area contributed by atoms with E-state index in [2.05, 4.69) is 22.2 Å². The lowest BCUT2D eigenvalue weighted by Crippen LogP contribution is -2.09. The van der Waals surface area contributed by atoms with Crippen LogP contribution in [0.2, 0.25) is 0 Å².